The number of rotatable bonds is 4. The van der Waals surface area contributed by atoms with Gasteiger partial charge in [-0.25, -0.2) is 19.5 Å². The van der Waals surface area contributed by atoms with E-state index in [1.807, 2.05) is 36.7 Å². The molecule has 0 amide bonds. The summed E-state index contributed by atoms with van der Waals surface area (Å²) >= 11 is 0. The molecule has 0 aliphatic heterocycles. The number of hydrogen-bond donors (Lipinski definition) is 1. The highest BCUT2D eigenvalue weighted by Gasteiger charge is 2.26. The number of aryl methyl sites for hydroxylation is 2. The lowest BCUT2D eigenvalue weighted by Crippen LogP contribution is -2.16. The van der Waals surface area contributed by atoms with Gasteiger partial charge in [0.1, 0.15) is 11.3 Å². The van der Waals surface area contributed by atoms with Crippen molar-refractivity contribution in [2.45, 2.75) is 19.5 Å². The van der Waals surface area contributed by atoms with E-state index in [1.54, 1.807) is 16.9 Å². The maximum atomic E-state index is 12.2. The van der Waals surface area contributed by atoms with Crippen molar-refractivity contribution in [2.24, 2.45) is 7.05 Å². The van der Waals surface area contributed by atoms with E-state index in [0.717, 1.165) is 28.2 Å². The van der Waals surface area contributed by atoms with Crippen LogP contribution in [0.25, 0.3) is 27.9 Å². The van der Waals surface area contributed by atoms with Crippen molar-refractivity contribution in [2.75, 3.05) is 11.9 Å². The quantitative estimate of drug-likeness (QED) is 0.592. The molecular weight excluding hydrogens is 359 g/mol. The van der Waals surface area contributed by atoms with Crippen LogP contribution in [0.5, 0.6) is 0 Å². The Morgan fingerprint density at radius 2 is 1.96 bits per heavy atom. The van der Waals surface area contributed by atoms with Gasteiger partial charge < -0.3 is 9.88 Å². The van der Waals surface area contributed by atoms with E-state index in [-0.39, 0.29) is 12.5 Å². The average Bonchev–Trinajstić information content (AvgIpc) is 3.15. The average molecular weight is 375 g/mol. The summed E-state index contributed by atoms with van der Waals surface area (Å²) in [5.41, 5.74) is 3.87. The summed E-state index contributed by atoms with van der Waals surface area (Å²) in [5, 5.41) is 6.79. The first-order valence-electron chi connectivity index (χ1n) is 8.27. The SMILES string of the molecule is Cc1nc2ccc(-c3ccn4nc(NCCC(F)(F)F)ncc34)nc2n1C. The number of halogens is 3. The van der Waals surface area contributed by atoms with Crippen LogP contribution in [-0.4, -0.2) is 41.9 Å². The van der Waals surface area contributed by atoms with Crippen LogP contribution in [0.2, 0.25) is 0 Å². The number of aromatic nitrogens is 6. The molecule has 0 spiro atoms. The molecular formula is C17H16F3N7. The fourth-order valence-corrected chi connectivity index (χ4v) is 2.84. The Kier molecular flexibility index (Phi) is 3.97. The van der Waals surface area contributed by atoms with Gasteiger partial charge in [-0.2, -0.15) is 13.2 Å². The molecule has 0 aliphatic rings. The zero-order valence-corrected chi connectivity index (χ0v) is 14.6. The first-order valence-corrected chi connectivity index (χ1v) is 8.27. The molecule has 0 saturated heterocycles. The molecule has 0 radical (unpaired) electrons. The van der Waals surface area contributed by atoms with Crippen molar-refractivity contribution in [3.05, 3.63) is 36.4 Å². The van der Waals surface area contributed by atoms with E-state index < -0.39 is 12.6 Å². The number of anilines is 1. The summed E-state index contributed by atoms with van der Waals surface area (Å²) < 4.78 is 40.2. The highest BCUT2D eigenvalue weighted by Crippen LogP contribution is 2.26. The fraction of sp³-hybridized carbons (Fsp3) is 0.294. The van der Waals surface area contributed by atoms with Crippen molar-refractivity contribution in [3.8, 4) is 11.3 Å². The minimum Gasteiger partial charge on any atom is -0.353 e. The second kappa shape index (κ2) is 6.22. The number of nitrogens with zero attached hydrogens (tertiary/aromatic N) is 6. The molecule has 4 rings (SSSR count). The molecule has 4 heterocycles. The van der Waals surface area contributed by atoms with E-state index in [2.05, 4.69) is 25.4 Å². The molecule has 0 fully saturated rings. The van der Waals surface area contributed by atoms with Gasteiger partial charge in [-0.3, -0.25) is 0 Å². The number of imidazole rings is 1. The molecule has 7 nitrogen and oxygen atoms in total. The van der Waals surface area contributed by atoms with Crippen LogP contribution < -0.4 is 5.32 Å². The molecule has 4 aromatic heterocycles. The molecule has 0 atom stereocenters. The minimum absolute atomic E-state index is 0.138. The van der Waals surface area contributed by atoms with E-state index in [0.29, 0.717) is 5.52 Å². The van der Waals surface area contributed by atoms with E-state index in [4.69, 9.17) is 0 Å². The standard InChI is InChI=1S/C17H16F3N7/c1-10-23-13-4-3-12(24-15(13)26(10)2)11-5-8-27-14(11)9-22-16(25-27)21-7-6-17(18,19)20/h3-5,8-9H,6-7H2,1-2H3,(H,21,25). The number of nitrogens with one attached hydrogen (secondary N) is 1. The zero-order chi connectivity index (χ0) is 19.2. The smallest absolute Gasteiger partial charge is 0.353 e. The number of hydrogen-bond acceptors (Lipinski definition) is 5. The minimum atomic E-state index is -4.22. The Labute approximate surface area is 151 Å². The zero-order valence-electron chi connectivity index (χ0n) is 14.6. The van der Waals surface area contributed by atoms with Crippen LogP contribution in [0.4, 0.5) is 19.1 Å². The third kappa shape index (κ3) is 3.29. The van der Waals surface area contributed by atoms with Crippen molar-refractivity contribution in [1.82, 2.24) is 29.1 Å². The molecule has 0 saturated carbocycles. The van der Waals surface area contributed by atoms with Crippen LogP contribution in [-0.2, 0) is 7.05 Å². The molecule has 10 heteroatoms. The van der Waals surface area contributed by atoms with Gasteiger partial charge in [-0.1, -0.05) is 0 Å². The number of pyridine rings is 1. The lowest BCUT2D eigenvalue weighted by Gasteiger charge is -2.08. The van der Waals surface area contributed by atoms with E-state index in [1.165, 1.54) is 0 Å². The van der Waals surface area contributed by atoms with Crippen LogP contribution in [0.1, 0.15) is 12.2 Å². The van der Waals surface area contributed by atoms with Gasteiger partial charge in [0.15, 0.2) is 5.65 Å². The van der Waals surface area contributed by atoms with Crippen LogP contribution >= 0.6 is 0 Å². The predicted octanol–water partition coefficient (Wildman–Crippen LogP) is 3.35. The first kappa shape index (κ1) is 17.3. The lowest BCUT2D eigenvalue weighted by molar-refractivity contribution is -0.131. The van der Waals surface area contributed by atoms with Gasteiger partial charge in [0, 0.05) is 25.4 Å². The highest BCUT2D eigenvalue weighted by atomic mass is 19.4. The molecule has 0 bridgehead atoms. The Bertz CT molecular complexity index is 1130. The summed E-state index contributed by atoms with van der Waals surface area (Å²) in [6.07, 6.45) is -1.87. The monoisotopic (exact) mass is 375 g/mol. The van der Waals surface area contributed by atoms with E-state index >= 15 is 0 Å². The van der Waals surface area contributed by atoms with Crippen LogP contribution in [0.3, 0.4) is 0 Å². The van der Waals surface area contributed by atoms with E-state index in [9.17, 15) is 13.2 Å². The predicted molar refractivity (Wildman–Crippen MR) is 94.4 cm³/mol. The summed E-state index contributed by atoms with van der Waals surface area (Å²) in [6, 6.07) is 5.63. The van der Waals surface area contributed by atoms with Crippen LogP contribution in [0.15, 0.2) is 30.6 Å². The van der Waals surface area contributed by atoms with Crippen LogP contribution in [0, 0.1) is 6.92 Å². The topological polar surface area (TPSA) is 72.9 Å². The number of alkyl halides is 3. The first-order chi connectivity index (χ1) is 12.8. The fourth-order valence-electron chi connectivity index (χ4n) is 2.84. The Morgan fingerprint density at radius 3 is 2.74 bits per heavy atom. The third-order valence-corrected chi connectivity index (χ3v) is 4.32. The van der Waals surface area contributed by atoms with Gasteiger partial charge in [0.05, 0.1) is 23.8 Å². The Hall–Kier alpha value is -3.17. The van der Waals surface area contributed by atoms with Crippen molar-refractivity contribution < 1.29 is 13.2 Å². The van der Waals surface area contributed by atoms with Crippen molar-refractivity contribution in [3.63, 3.8) is 0 Å². The Balaban J connectivity index is 1.64. The second-order valence-corrected chi connectivity index (χ2v) is 6.19. The molecule has 140 valence electrons. The Morgan fingerprint density at radius 1 is 1.15 bits per heavy atom. The second-order valence-electron chi connectivity index (χ2n) is 6.19. The summed E-state index contributed by atoms with van der Waals surface area (Å²) in [6.45, 7) is 1.64. The molecule has 1 N–H and O–H groups in total. The lowest BCUT2D eigenvalue weighted by atomic mass is 10.2. The van der Waals surface area contributed by atoms with Gasteiger partial charge in [-0.05, 0) is 25.1 Å². The molecule has 4 aromatic rings. The summed E-state index contributed by atoms with van der Waals surface area (Å²) in [7, 11) is 1.90. The van der Waals surface area contributed by atoms with Gasteiger partial charge in [0.25, 0.3) is 0 Å². The van der Waals surface area contributed by atoms with Gasteiger partial charge in [-0.15, -0.1) is 5.10 Å². The van der Waals surface area contributed by atoms with Crippen molar-refractivity contribution >= 4 is 22.6 Å². The maximum Gasteiger partial charge on any atom is 0.390 e. The van der Waals surface area contributed by atoms with Crippen molar-refractivity contribution in [1.29, 1.82) is 0 Å². The molecule has 27 heavy (non-hydrogen) atoms. The maximum absolute atomic E-state index is 12.2. The summed E-state index contributed by atoms with van der Waals surface area (Å²) in [4.78, 5) is 13.2. The summed E-state index contributed by atoms with van der Waals surface area (Å²) in [5.74, 6) is 1.01. The highest BCUT2D eigenvalue weighted by molar-refractivity contribution is 5.82. The van der Waals surface area contributed by atoms with Gasteiger partial charge in [0.2, 0.25) is 5.95 Å². The molecule has 0 aromatic carbocycles. The largest absolute Gasteiger partial charge is 0.390 e. The molecule has 0 aliphatic carbocycles. The van der Waals surface area contributed by atoms with Gasteiger partial charge >= 0.3 is 6.18 Å². The third-order valence-electron chi connectivity index (χ3n) is 4.32. The molecule has 0 unspecified atom stereocenters. The number of fused-ring (bicyclic) bond motifs is 2. The normalized spacial score (nSPS) is 12.2.